The molecule has 1 aromatic rings. The Balaban J connectivity index is 2.80. The van der Waals surface area contributed by atoms with Gasteiger partial charge in [0.25, 0.3) is 0 Å². The van der Waals surface area contributed by atoms with Gasteiger partial charge in [-0.05, 0) is 51.7 Å². The minimum absolute atomic E-state index is 0.104. The minimum atomic E-state index is -0.104. The molecule has 0 amide bonds. The molecule has 0 aromatic heterocycles. The average molecular weight is 250 g/mol. The zero-order chi connectivity index (χ0) is 13.8. The summed E-state index contributed by atoms with van der Waals surface area (Å²) in [5.41, 5.74) is 6.65. The van der Waals surface area contributed by atoms with E-state index < -0.39 is 0 Å². The Labute approximate surface area is 111 Å². The van der Waals surface area contributed by atoms with Gasteiger partial charge in [0.15, 0.2) is 0 Å². The zero-order valence-corrected chi connectivity index (χ0v) is 12.2. The average Bonchev–Trinajstić information content (AvgIpc) is 2.34. The molecule has 3 heteroatoms. The van der Waals surface area contributed by atoms with Crippen LogP contribution in [0.25, 0.3) is 0 Å². The van der Waals surface area contributed by atoms with Gasteiger partial charge in [0.1, 0.15) is 0 Å². The maximum Gasteiger partial charge on any atom is 0.0623 e. The van der Waals surface area contributed by atoms with Crippen molar-refractivity contribution in [2.24, 2.45) is 5.84 Å². The Kier molecular flexibility index (Phi) is 5.32. The van der Waals surface area contributed by atoms with Crippen molar-refractivity contribution < 1.29 is 4.74 Å². The highest BCUT2D eigenvalue weighted by molar-refractivity contribution is 5.32. The molecule has 3 N–H and O–H groups in total. The molecule has 0 heterocycles. The molecule has 0 spiro atoms. The van der Waals surface area contributed by atoms with Gasteiger partial charge in [-0.15, -0.1) is 0 Å². The van der Waals surface area contributed by atoms with E-state index in [9.17, 15) is 0 Å². The van der Waals surface area contributed by atoms with Crippen LogP contribution >= 0.6 is 0 Å². The minimum Gasteiger partial charge on any atom is -0.379 e. The van der Waals surface area contributed by atoms with Crippen molar-refractivity contribution in [2.75, 3.05) is 7.11 Å². The quantitative estimate of drug-likeness (QED) is 0.602. The molecular formula is C15H26N2O. The number of rotatable bonds is 6. The van der Waals surface area contributed by atoms with Gasteiger partial charge in [0.2, 0.25) is 0 Å². The van der Waals surface area contributed by atoms with E-state index in [1.807, 2.05) is 0 Å². The first-order chi connectivity index (χ1) is 8.39. The monoisotopic (exact) mass is 250 g/mol. The highest BCUT2D eigenvalue weighted by Gasteiger charge is 2.20. The summed E-state index contributed by atoms with van der Waals surface area (Å²) in [6.45, 7) is 8.43. The zero-order valence-electron chi connectivity index (χ0n) is 12.2. The third-order valence-electron chi connectivity index (χ3n) is 3.60. The van der Waals surface area contributed by atoms with E-state index in [0.29, 0.717) is 0 Å². The SMILES string of the molecule is COC(C)(C)CCC(NN)c1cc(C)ccc1C. The van der Waals surface area contributed by atoms with Crippen LogP contribution in [-0.4, -0.2) is 12.7 Å². The highest BCUT2D eigenvalue weighted by Crippen LogP contribution is 2.26. The standard InChI is InChI=1S/C15H26N2O/c1-11-6-7-12(2)13(10-11)14(17-16)8-9-15(3,4)18-5/h6-7,10,14,17H,8-9,16H2,1-5H3. The van der Waals surface area contributed by atoms with Crippen LogP contribution in [0.3, 0.4) is 0 Å². The van der Waals surface area contributed by atoms with Gasteiger partial charge in [-0.1, -0.05) is 23.8 Å². The van der Waals surface area contributed by atoms with Crippen molar-refractivity contribution in [3.8, 4) is 0 Å². The summed E-state index contributed by atoms with van der Waals surface area (Å²) < 4.78 is 5.45. The summed E-state index contributed by atoms with van der Waals surface area (Å²) in [4.78, 5) is 0. The van der Waals surface area contributed by atoms with Crippen molar-refractivity contribution in [1.29, 1.82) is 0 Å². The van der Waals surface area contributed by atoms with Crippen molar-refractivity contribution in [2.45, 2.75) is 52.2 Å². The van der Waals surface area contributed by atoms with Crippen molar-refractivity contribution in [3.05, 3.63) is 34.9 Å². The normalized spacial score (nSPS) is 13.7. The number of hydrogen-bond acceptors (Lipinski definition) is 3. The summed E-state index contributed by atoms with van der Waals surface area (Å²) in [5.74, 6) is 5.70. The molecule has 1 aromatic carbocycles. The van der Waals surface area contributed by atoms with E-state index in [1.165, 1.54) is 16.7 Å². The number of nitrogens with one attached hydrogen (secondary N) is 1. The van der Waals surface area contributed by atoms with Gasteiger partial charge in [0.05, 0.1) is 5.60 Å². The van der Waals surface area contributed by atoms with Crippen molar-refractivity contribution in [3.63, 3.8) is 0 Å². The predicted octanol–water partition coefficient (Wildman–Crippen LogP) is 3.01. The second-order valence-corrected chi connectivity index (χ2v) is 5.58. The number of aryl methyl sites for hydroxylation is 2. The van der Waals surface area contributed by atoms with Gasteiger partial charge >= 0.3 is 0 Å². The van der Waals surface area contributed by atoms with Crippen LogP contribution in [0.4, 0.5) is 0 Å². The molecule has 0 fully saturated rings. The number of hydrogen-bond donors (Lipinski definition) is 2. The molecule has 1 atom stereocenters. The molecule has 0 bridgehead atoms. The lowest BCUT2D eigenvalue weighted by molar-refractivity contribution is 0.0116. The maximum atomic E-state index is 5.70. The van der Waals surface area contributed by atoms with Crippen LogP contribution in [-0.2, 0) is 4.74 Å². The van der Waals surface area contributed by atoms with Gasteiger partial charge < -0.3 is 4.74 Å². The topological polar surface area (TPSA) is 47.3 Å². The maximum absolute atomic E-state index is 5.70. The van der Waals surface area contributed by atoms with Crippen LogP contribution in [0.5, 0.6) is 0 Å². The molecule has 0 aliphatic rings. The van der Waals surface area contributed by atoms with Gasteiger partial charge in [-0.25, -0.2) is 0 Å². The lowest BCUT2D eigenvalue weighted by atomic mass is 9.92. The molecule has 0 aliphatic carbocycles. The Morgan fingerprint density at radius 1 is 1.33 bits per heavy atom. The third kappa shape index (κ3) is 4.09. The predicted molar refractivity (Wildman–Crippen MR) is 76.3 cm³/mol. The largest absolute Gasteiger partial charge is 0.379 e. The second-order valence-electron chi connectivity index (χ2n) is 5.58. The molecule has 0 saturated heterocycles. The molecule has 1 unspecified atom stereocenters. The van der Waals surface area contributed by atoms with E-state index in [4.69, 9.17) is 10.6 Å². The van der Waals surface area contributed by atoms with Crippen molar-refractivity contribution in [1.82, 2.24) is 5.43 Å². The van der Waals surface area contributed by atoms with Crippen LogP contribution < -0.4 is 11.3 Å². The lowest BCUT2D eigenvalue weighted by Crippen LogP contribution is -2.31. The summed E-state index contributed by atoms with van der Waals surface area (Å²) in [6.07, 6.45) is 1.92. The number of methoxy groups -OCH3 is 1. The number of hydrazine groups is 1. The van der Waals surface area contributed by atoms with E-state index in [2.05, 4.69) is 51.3 Å². The number of nitrogens with two attached hydrogens (primary N) is 1. The summed E-state index contributed by atoms with van der Waals surface area (Å²) in [7, 11) is 1.75. The summed E-state index contributed by atoms with van der Waals surface area (Å²) >= 11 is 0. The fraction of sp³-hybridized carbons (Fsp3) is 0.600. The Bertz CT molecular complexity index is 388. The molecule has 18 heavy (non-hydrogen) atoms. The molecule has 0 aliphatic heterocycles. The molecule has 3 nitrogen and oxygen atoms in total. The van der Waals surface area contributed by atoms with Crippen LogP contribution in [0.15, 0.2) is 18.2 Å². The third-order valence-corrected chi connectivity index (χ3v) is 3.60. The second kappa shape index (κ2) is 6.32. The molecule has 0 saturated carbocycles. The van der Waals surface area contributed by atoms with Crippen LogP contribution in [0.2, 0.25) is 0 Å². The first-order valence-corrected chi connectivity index (χ1v) is 6.48. The van der Waals surface area contributed by atoms with Crippen LogP contribution in [0.1, 0.15) is 49.4 Å². The van der Waals surface area contributed by atoms with Gasteiger partial charge in [0, 0.05) is 13.2 Å². The number of benzene rings is 1. The fourth-order valence-corrected chi connectivity index (χ4v) is 2.06. The Hall–Kier alpha value is -0.900. The fourth-order valence-electron chi connectivity index (χ4n) is 2.06. The Morgan fingerprint density at radius 2 is 2.00 bits per heavy atom. The van der Waals surface area contributed by atoms with E-state index in [1.54, 1.807) is 7.11 Å². The summed E-state index contributed by atoms with van der Waals surface area (Å²) in [6, 6.07) is 6.67. The van der Waals surface area contributed by atoms with Crippen molar-refractivity contribution >= 4 is 0 Å². The van der Waals surface area contributed by atoms with E-state index in [0.717, 1.165) is 12.8 Å². The van der Waals surface area contributed by atoms with E-state index >= 15 is 0 Å². The Morgan fingerprint density at radius 3 is 2.56 bits per heavy atom. The first kappa shape index (κ1) is 15.2. The lowest BCUT2D eigenvalue weighted by Gasteiger charge is -2.26. The first-order valence-electron chi connectivity index (χ1n) is 6.48. The molecular weight excluding hydrogens is 224 g/mol. The smallest absolute Gasteiger partial charge is 0.0623 e. The summed E-state index contributed by atoms with van der Waals surface area (Å²) in [5, 5.41) is 0. The van der Waals surface area contributed by atoms with Gasteiger partial charge in [-0.3, -0.25) is 11.3 Å². The molecule has 0 radical (unpaired) electrons. The van der Waals surface area contributed by atoms with Crippen LogP contribution in [0, 0.1) is 13.8 Å². The molecule has 102 valence electrons. The van der Waals surface area contributed by atoms with Gasteiger partial charge in [-0.2, -0.15) is 0 Å². The number of ether oxygens (including phenoxy) is 1. The molecule has 1 rings (SSSR count). The van der Waals surface area contributed by atoms with E-state index in [-0.39, 0.29) is 11.6 Å². The highest BCUT2D eigenvalue weighted by atomic mass is 16.5.